The summed E-state index contributed by atoms with van der Waals surface area (Å²) >= 11 is 0. The minimum atomic E-state index is 0.0523. The van der Waals surface area contributed by atoms with Crippen molar-refractivity contribution in [3.8, 4) is 45.8 Å². The van der Waals surface area contributed by atoms with Crippen LogP contribution in [0.25, 0.3) is 11.3 Å². The molecule has 0 bridgehead atoms. The van der Waals surface area contributed by atoms with Gasteiger partial charge in [-0.1, -0.05) is 18.2 Å². The normalized spacial score (nSPS) is 13.8. The zero-order valence-corrected chi connectivity index (χ0v) is 14.7. The van der Waals surface area contributed by atoms with Crippen molar-refractivity contribution in [2.45, 2.75) is 0 Å². The fourth-order valence-electron chi connectivity index (χ4n) is 4.50. The zero-order valence-electron chi connectivity index (χ0n) is 14.7. The molecule has 0 amide bonds. The van der Waals surface area contributed by atoms with Crippen LogP contribution in [0.2, 0.25) is 0 Å². The highest BCUT2D eigenvalue weighted by Crippen LogP contribution is 2.42. The molecular formula is C23H12BNO3. The van der Waals surface area contributed by atoms with Crippen molar-refractivity contribution in [3.05, 3.63) is 72.9 Å². The van der Waals surface area contributed by atoms with Gasteiger partial charge in [-0.15, -0.1) is 0 Å². The van der Waals surface area contributed by atoms with Gasteiger partial charge in [-0.2, -0.15) is 0 Å². The highest BCUT2D eigenvalue weighted by Gasteiger charge is 2.46. The lowest BCUT2D eigenvalue weighted by Crippen LogP contribution is -2.59. The van der Waals surface area contributed by atoms with Crippen molar-refractivity contribution >= 4 is 23.1 Å². The maximum absolute atomic E-state index is 6.32. The molecule has 0 unspecified atom stereocenters. The zero-order chi connectivity index (χ0) is 18.2. The Labute approximate surface area is 161 Å². The van der Waals surface area contributed by atoms with Crippen LogP contribution in [-0.2, 0) is 0 Å². The van der Waals surface area contributed by atoms with Crippen LogP contribution in [0.15, 0.2) is 72.9 Å². The van der Waals surface area contributed by atoms with Gasteiger partial charge in [0.25, 0.3) is 6.71 Å². The van der Waals surface area contributed by atoms with E-state index in [0.29, 0.717) is 0 Å². The first-order chi connectivity index (χ1) is 13.9. The second-order valence-electron chi connectivity index (χ2n) is 7.18. The van der Waals surface area contributed by atoms with E-state index in [2.05, 4.69) is 17.1 Å². The van der Waals surface area contributed by atoms with Gasteiger partial charge in [0.1, 0.15) is 34.5 Å². The number of hydrogen-bond donors (Lipinski definition) is 0. The van der Waals surface area contributed by atoms with E-state index in [4.69, 9.17) is 14.2 Å². The summed E-state index contributed by atoms with van der Waals surface area (Å²) in [6.07, 6.45) is 1.80. The van der Waals surface area contributed by atoms with E-state index in [9.17, 15) is 0 Å². The lowest BCUT2D eigenvalue weighted by Gasteiger charge is -2.37. The van der Waals surface area contributed by atoms with E-state index in [1.54, 1.807) is 6.20 Å². The molecule has 0 saturated heterocycles. The van der Waals surface area contributed by atoms with Crippen LogP contribution in [0.3, 0.4) is 0 Å². The molecule has 3 aromatic carbocycles. The number of hydrogen-bond acceptors (Lipinski definition) is 4. The molecule has 130 valence electrons. The average Bonchev–Trinajstić information content (AvgIpc) is 2.74. The van der Waals surface area contributed by atoms with Gasteiger partial charge in [0.05, 0.1) is 5.69 Å². The molecule has 0 radical (unpaired) electrons. The third kappa shape index (κ3) is 1.73. The van der Waals surface area contributed by atoms with Gasteiger partial charge in [-0.05, 0) is 48.5 Å². The predicted octanol–water partition coefficient (Wildman–Crippen LogP) is 3.58. The molecular weight excluding hydrogens is 349 g/mol. The lowest BCUT2D eigenvalue weighted by atomic mass is 9.34. The first-order valence-corrected chi connectivity index (χ1v) is 9.25. The highest BCUT2D eigenvalue weighted by molar-refractivity contribution is 6.99. The van der Waals surface area contributed by atoms with Crippen molar-refractivity contribution < 1.29 is 14.2 Å². The van der Waals surface area contributed by atoms with Gasteiger partial charge in [-0.3, -0.25) is 4.98 Å². The fourth-order valence-corrected chi connectivity index (χ4v) is 4.50. The third-order valence-electron chi connectivity index (χ3n) is 5.64. The quantitative estimate of drug-likeness (QED) is 0.419. The number of pyridine rings is 1. The Hall–Kier alpha value is -3.73. The molecule has 0 spiro atoms. The third-order valence-corrected chi connectivity index (χ3v) is 5.64. The number of nitrogens with zero attached hydrogens (tertiary/aromatic N) is 1. The minimum absolute atomic E-state index is 0.0523. The van der Waals surface area contributed by atoms with Crippen LogP contribution >= 0.6 is 0 Å². The van der Waals surface area contributed by atoms with E-state index in [1.165, 1.54) is 0 Å². The van der Waals surface area contributed by atoms with E-state index in [0.717, 1.165) is 62.1 Å². The van der Waals surface area contributed by atoms with Crippen molar-refractivity contribution in [1.29, 1.82) is 0 Å². The molecule has 0 N–H and O–H groups in total. The molecule has 1 aromatic heterocycles. The van der Waals surface area contributed by atoms with Crippen LogP contribution < -0.4 is 30.6 Å². The second kappa shape index (κ2) is 4.96. The molecule has 0 aliphatic carbocycles. The summed E-state index contributed by atoms with van der Waals surface area (Å²) in [5.74, 6) is 4.99. The molecule has 0 atom stereocenters. The Morgan fingerprint density at radius 2 is 1.11 bits per heavy atom. The highest BCUT2D eigenvalue weighted by atomic mass is 16.5. The Morgan fingerprint density at radius 1 is 0.571 bits per heavy atom. The van der Waals surface area contributed by atoms with Gasteiger partial charge < -0.3 is 14.2 Å². The maximum atomic E-state index is 6.32. The number of ether oxygens (including phenoxy) is 3. The summed E-state index contributed by atoms with van der Waals surface area (Å²) in [5, 5.41) is 0. The molecule has 7 rings (SSSR count). The smallest absolute Gasteiger partial charge is 0.270 e. The first-order valence-electron chi connectivity index (χ1n) is 9.25. The van der Waals surface area contributed by atoms with Crippen LogP contribution in [-0.4, -0.2) is 11.7 Å². The van der Waals surface area contributed by atoms with Crippen molar-refractivity contribution in [1.82, 2.24) is 4.98 Å². The van der Waals surface area contributed by atoms with E-state index >= 15 is 0 Å². The Morgan fingerprint density at radius 3 is 1.64 bits per heavy atom. The Balaban J connectivity index is 1.56. The van der Waals surface area contributed by atoms with Gasteiger partial charge >= 0.3 is 0 Å². The van der Waals surface area contributed by atoms with Crippen LogP contribution in [0, 0.1) is 0 Å². The topological polar surface area (TPSA) is 40.6 Å². The van der Waals surface area contributed by atoms with E-state index < -0.39 is 0 Å². The maximum Gasteiger partial charge on any atom is 0.270 e. The minimum Gasteiger partial charge on any atom is -0.458 e. The molecule has 4 aromatic rings. The molecule has 4 heterocycles. The molecule has 0 saturated carbocycles. The van der Waals surface area contributed by atoms with Gasteiger partial charge in [0.2, 0.25) is 0 Å². The first kappa shape index (κ1) is 14.3. The van der Waals surface area contributed by atoms with Gasteiger partial charge in [-0.25, -0.2) is 0 Å². The Bertz CT molecular complexity index is 1230. The van der Waals surface area contributed by atoms with E-state index in [-0.39, 0.29) is 6.71 Å². The van der Waals surface area contributed by atoms with Gasteiger partial charge in [0.15, 0.2) is 0 Å². The SMILES string of the molecule is c1ccc(-c2cc3c4c(c2)Oc2cccc5c2B4c2c(cccc2O3)O5)nc1. The molecule has 28 heavy (non-hydrogen) atoms. The number of benzene rings is 3. The standard InChI is InChI=1S/C23H12BNO3/c1-2-10-25-14(5-1)13-11-19-23-20(12-13)28-18-9-4-7-16-22(18)24(23)21-15(26-16)6-3-8-17(21)27-19/h1-12H. The van der Waals surface area contributed by atoms with Gasteiger partial charge in [0, 0.05) is 28.1 Å². The molecule has 3 aliphatic rings. The number of rotatable bonds is 1. The molecule has 3 aliphatic heterocycles. The van der Waals surface area contributed by atoms with Crippen LogP contribution in [0.5, 0.6) is 34.5 Å². The summed E-state index contributed by atoms with van der Waals surface area (Å²) in [7, 11) is 0. The van der Waals surface area contributed by atoms with Crippen LogP contribution in [0.4, 0.5) is 0 Å². The molecule has 5 heteroatoms. The molecule has 0 fully saturated rings. The second-order valence-corrected chi connectivity index (χ2v) is 7.18. The monoisotopic (exact) mass is 361 g/mol. The summed E-state index contributed by atoms with van der Waals surface area (Å²) < 4.78 is 18.8. The summed E-state index contributed by atoms with van der Waals surface area (Å²) in [6, 6.07) is 21.9. The van der Waals surface area contributed by atoms with Crippen molar-refractivity contribution in [3.63, 3.8) is 0 Å². The Kier molecular flexibility index (Phi) is 2.54. The summed E-state index contributed by atoms with van der Waals surface area (Å²) in [5.41, 5.74) is 5.07. The van der Waals surface area contributed by atoms with E-state index in [1.807, 2.05) is 54.6 Å². The fraction of sp³-hybridized carbons (Fsp3) is 0. The number of aromatic nitrogens is 1. The largest absolute Gasteiger partial charge is 0.458 e. The summed E-state index contributed by atoms with van der Waals surface area (Å²) in [6.45, 7) is 0.0523. The van der Waals surface area contributed by atoms with Crippen LogP contribution in [0.1, 0.15) is 0 Å². The molecule has 4 nitrogen and oxygen atoms in total. The van der Waals surface area contributed by atoms with Crippen molar-refractivity contribution in [2.24, 2.45) is 0 Å². The predicted molar refractivity (Wildman–Crippen MR) is 107 cm³/mol. The van der Waals surface area contributed by atoms with Crippen molar-refractivity contribution in [2.75, 3.05) is 0 Å². The lowest BCUT2D eigenvalue weighted by molar-refractivity contribution is 0.443. The summed E-state index contributed by atoms with van der Waals surface area (Å²) in [4.78, 5) is 4.49. The average molecular weight is 361 g/mol.